The van der Waals surface area contributed by atoms with Gasteiger partial charge in [0.15, 0.2) is 0 Å². The second-order valence-corrected chi connectivity index (χ2v) is 9.23. The number of fused-ring (bicyclic) bond motifs is 4. The van der Waals surface area contributed by atoms with Crippen LogP contribution < -0.4 is 4.90 Å². The normalized spacial score (nSPS) is 22.3. The monoisotopic (exact) mass is 339 g/mol. The van der Waals surface area contributed by atoms with Gasteiger partial charge in [0, 0.05) is 16.0 Å². The Balaban J connectivity index is 1.78. The number of para-hydroxylation sites is 1. The van der Waals surface area contributed by atoms with E-state index in [4.69, 9.17) is 0 Å². The first-order valence-electron chi connectivity index (χ1n) is 8.58. The molecule has 2 aromatic heterocycles. The van der Waals surface area contributed by atoms with Crippen molar-refractivity contribution < 1.29 is 0 Å². The van der Waals surface area contributed by atoms with Crippen LogP contribution in [0.4, 0.5) is 5.69 Å². The summed E-state index contributed by atoms with van der Waals surface area (Å²) in [6, 6.07) is 11.8. The maximum absolute atomic E-state index is 2.77. The molecule has 0 bridgehead atoms. The Labute approximate surface area is 145 Å². The van der Waals surface area contributed by atoms with Crippen LogP contribution in [-0.4, -0.2) is 0 Å². The summed E-state index contributed by atoms with van der Waals surface area (Å²) in [4.78, 5) is 4.45. The van der Waals surface area contributed by atoms with Gasteiger partial charge in [-0.2, -0.15) is 0 Å². The fourth-order valence-electron chi connectivity index (χ4n) is 4.91. The molecule has 1 aromatic carbocycles. The average Bonchev–Trinajstić information content (AvgIpc) is 3.26. The molecule has 3 heterocycles. The average molecular weight is 340 g/mol. The third-order valence-corrected chi connectivity index (χ3v) is 8.31. The Morgan fingerprint density at radius 1 is 1.13 bits per heavy atom. The second-order valence-electron chi connectivity index (χ2n) is 7.04. The highest BCUT2D eigenvalue weighted by Crippen LogP contribution is 2.61. The molecule has 2 aliphatic rings. The van der Waals surface area contributed by atoms with Gasteiger partial charge in [-0.15, -0.1) is 22.7 Å². The molecule has 1 nitrogen and oxygen atoms in total. The minimum Gasteiger partial charge on any atom is -0.354 e. The fourth-order valence-corrected chi connectivity index (χ4v) is 7.51. The van der Waals surface area contributed by atoms with E-state index >= 15 is 0 Å². The van der Waals surface area contributed by atoms with E-state index in [0.29, 0.717) is 6.04 Å². The number of anilines is 1. The van der Waals surface area contributed by atoms with Gasteiger partial charge in [-0.05, 0) is 55.3 Å². The molecule has 1 fully saturated rings. The summed E-state index contributed by atoms with van der Waals surface area (Å²) in [6.07, 6.45) is 5.35. The molecular weight excluding hydrogens is 318 g/mol. The summed E-state index contributed by atoms with van der Waals surface area (Å²) < 4.78 is 1.53. The molecule has 1 atom stereocenters. The van der Waals surface area contributed by atoms with E-state index in [1.165, 1.54) is 46.3 Å². The van der Waals surface area contributed by atoms with Crippen LogP contribution in [0, 0.1) is 6.92 Å². The number of benzene rings is 1. The molecule has 1 spiro atoms. The highest BCUT2D eigenvalue weighted by atomic mass is 32.2. The van der Waals surface area contributed by atoms with Crippen molar-refractivity contribution in [3.05, 3.63) is 51.7 Å². The van der Waals surface area contributed by atoms with Gasteiger partial charge in [0.1, 0.15) is 0 Å². The standard InChI is InChI=1S/C20H21NS2/c1-13-7-3-4-8-16(13)21-14(2)17-15-9-12-22-19(15)23-18(17)20(21)10-5-6-11-20/h3-4,7-9,12,14H,5-6,10-11H2,1-2H3/t14-/m0/s1. The molecule has 0 saturated heterocycles. The maximum atomic E-state index is 2.77. The first-order valence-corrected chi connectivity index (χ1v) is 10.3. The lowest BCUT2D eigenvalue weighted by atomic mass is 9.94. The molecule has 118 valence electrons. The van der Waals surface area contributed by atoms with Crippen molar-refractivity contribution in [1.29, 1.82) is 0 Å². The molecule has 1 aliphatic carbocycles. The van der Waals surface area contributed by atoms with E-state index in [1.54, 1.807) is 10.4 Å². The van der Waals surface area contributed by atoms with Gasteiger partial charge in [-0.3, -0.25) is 0 Å². The van der Waals surface area contributed by atoms with Crippen LogP contribution in [0.1, 0.15) is 54.7 Å². The van der Waals surface area contributed by atoms with E-state index in [2.05, 4.69) is 65.8 Å². The third kappa shape index (κ3) is 1.72. The van der Waals surface area contributed by atoms with E-state index in [0.717, 1.165) is 0 Å². The van der Waals surface area contributed by atoms with Crippen LogP contribution in [-0.2, 0) is 5.54 Å². The lowest BCUT2D eigenvalue weighted by Crippen LogP contribution is -2.40. The molecule has 0 N–H and O–H groups in total. The minimum absolute atomic E-state index is 0.254. The van der Waals surface area contributed by atoms with Crippen molar-refractivity contribution in [3.8, 4) is 0 Å². The predicted molar refractivity (Wildman–Crippen MR) is 102 cm³/mol. The van der Waals surface area contributed by atoms with Gasteiger partial charge in [0.25, 0.3) is 0 Å². The summed E-state index contributed by atoms with van der Waals surface area (Å²) in [5, 5.41) is 3.77. The number of hydrogen-bond acceptors (Lipinski definition) is 3. The van der Waals surface area contributed by atoms with Crippen molar-refractivity contribution in [2.75, 3.05) is 4.90 Å². The van der Waals surface area contributed by atoms with Crippen molar-refractivity contribution in [3.63, 3.8) is 0 Å². The number of hydrogen-bond donors (Lipinski definition) is 0. The molecule has 0 amide bonds. The van der Waals surface area contributed by atoms with E-state index in [9.17, 15) is 0 Å². The van der Waals surface area contributed by atoms with Crippen LogP contribution in [0.5, 0.6) is 0 Å². The lowest BCUT2D eigenvalue weighted by molar-refractivity contribution is 0.421. The molecule has 3 heteroatoms. The third-order valence-electron chi connectivity index (χ3n) is 5.85. The van der Waals surface area contributed by atoms with Crippen molar-refractivity contribution in [2.45, 2.75) is 51.1 Å². The van der Waals surface area contributed by atoms with Crippen LogP contribution in [0.15, 0.2) is 35.7 Å². The van der Waals surface area contributed by atoms with Crippen molar-refractivity contribution in [2.24, 2.45) is 0 Å². The van der Waals surface area contributed by atoms with Crippen LogP contribution >= 0.6 is 22.7 Å². The second kappa shape index (κ2) is 4.84. The number of aryl methyl sites for hydroxylation is 1. The fraction of sp³-hybridized carbons (Fsp3) is 0.400. The lowest BCUT2D eigenvalue weighted by Gasteiger charge is -2.41. The Bertz CT molecular complexity index is 882. The zero-order valence-corrected chi connectivity index (χ0v) is 15.3. The Hall–Kier alpha value is -1.32. The summed E-state index contributed by atoms with van der Waals surface area (Å²) in [6.45, 7) is 4.68. The molecule has 0 radical (unpaired) electrons. The predicted octanol–water partition coefficient (Wildman–Crippen LogP) is 6.62. The number of nitrogens with zero attached hydrogens (tertiary/aromatic N) is 1. The first kappa shape index (κ1) is 14.1. The SMILES string of the molecule is Cc1ccccc1N1[C@@H](C)c2c(sc3sccc23)C12CCCC2. The summed E-state index contributed by atoms with van der Waals surface area (Å²) >= 11 is 3.99. The van der Waals surface area contributed by atoms with Gasteiger partial charge < -0.3 is 4.90 Å². The van der Waals surface area contributed by atoms with Gasteiger partial charge in [-0.25, -0.2) is 0 Å². The van der Waals surface area contributed by atoms with E-state index in [-0.39, 0.29) is 5.54 Å². The van der Waals surface area contributed by atoms with Crippen LogP contribution in [0.2, 0.25) is 0 Å². The smallest absolute Gasteiger partial charge is 0.0872 e. The van der Waals surface area contributed by atoms with E-state index in [1.807, 2.05) is 11.3 Å². The minimum atomic E-state index is 0.254. The Morgan fingerprint density at radius 3 is 2.70 bits per heavy atom. The Morgan fingerprint density at radius 2 is 1.91 bits per heavy atom. The van der Waals surface area contributed by atoms with Crippen molar-refractivity contribution >= 4 is 37.8 Å². The summed E-state index contributed by atoms with van der Waals surface area (Å²) in [5.41, 5.74) is 4.72. The maximum Gasteiger partial charge on any atom is 0.0872 e. The van der Waals surface area contributed by atoms with Gasteiger partial charge in [0.2, 0.25) is 0 Å². The molecule has 0 unspecified atom stereocenters. The topological polar surface area (TPSA) is 3.24 Å². The van der Waals surface area contributed by atoms with Gasteiger partial charge in [-0.1, -0.05) is 31.0 Å². The van der Waals surface area contributed by atoms with Crippen LogP contribution in [0.25, 0.3) is 9.40 Å². The number of rotatable bonds is 1. The molecule has 1 aliphatic heterocycles. The highest BCUT2D eigenvalue weighted by molar-refractivity contribution is 7.37. The first-order chi connectivity index (χ1) is 11.2. The molecule has 23 heavy (non-hydrogen) atoms. The highest BCUT2D eigenvalue weighted by Gasteiger charge is 2.52. The van der Waals surface area contributed by atoms with Gasteiger partial charge in [0.05, 0.1) is 15.6 Å². The molecular formula is C20H21NS2. The molecule has 3 aromatic rings. The molecule has 1 saturated carbocycles. The van der Waals surface area contributed by atoms with Crippen molar-refractivity contribution in [1.82, 2.24) is 0 Å². The quantitative estimate of drug-likeness (QED) is 0.481. The molecule has 5 rings (SSSR count). The summed E-state index contributed by atoms with van der Waals surface area (Å²) in [7, 11) is 0. The van der Waals surface area contributed by atoms with E-state index < -0.39 is 0 Å². The largest absolute Gasteiger partial charge is 0.354 e. The summed E-state index contributed by atoms with van der Waals surface area (Å²) in [5.74, 6) is 0. The van der Waals surface area contributed by atoms with Gasteiger partial charge >= 0.3 is 0 Å². The zero-order chi connectivity index (χ0) is 15.6. The Kier molecular flexibility index (Phi) is 2.96. The number of thiophene rings is 2. The van der Waals surface area contributed by atoms with Crippen LogP contribution in [0.3, 0.4) is 0 Å². The zero-order valence-electron chi connectivity index (χ0n) is 13.6.